The molecule has 4 aromatic rings. The molecule has 0 N–H and O–H groups in total. The van der Waals surface area contributed by atoms with E-state index >= 15 is 0 Å². The van der Waals surface area contributed by atoms with Gasteiger partial charge in [0.25, 0.3) is 5.56 Å². The Morgan fingerprint density at radius 2 is 1.89 bits per heavy atom. The average molecular weight is 393 g/mol. The van der Waals surface area contributed by atoms with Gasteiger partial charge in [0.1, 0.15) is 10.7 Å². The molecular formula is C22H24N4OS. The molecule has 0 spiro atoms. The number of aryl methyl sites for hydroxylation is 2. The first-order valence-electron chi connectivity index (χ1n) is 9.82. The molecule has 6 heteroatoms. The van der Waals surface area contributed by atoms with Crippen LogP contribution in [0.5, 0.6) is 0 Å². The lowest BCUT2D eigenvalue weighted by molar-refractivity contribution is 0.218. The number of hydrogen-bond donors (Lipinski definition) is 0. The molecule has 1 aliphatic rings. The number of fused-ring (bicyclic) bond motifs is 5. The molecule has 28 heavy (non-hydrogen) atoms. The van der Waals surface area contributed by atoms with Crippen LogP contribution in [0.3, 0.4) is 0 Å². The van der Waals surface area contributed by atoms with Crippen molar-refractivity contribution >= 4 is 27.3 Å². The number of rotatable bonds is 1. The second kappa shape index (κ2) is 6.01. The van der Waals surface area contributed by atoms with E-state index in [1.807, 2.05) is 37.3 Å². The zero-order valence-corrected chi connectivity index (χ0v) is 17.5. The fourth-order valence-corrected chi connectivity index (χ4v) is 5.90. The molecule has 0 unspecified atom stereocenters. The van der Waals surface area contributed by atoms with E-state index in [0.717, 1.165) is 41.0 Å². The van der Waals surface area contributed by atoms with Crippen LogP contribution in [0.1, 0.15) is 43.5 Å². The van der Waals surface area contributed by atoms with E-state index in [0.29, 0.717) is 11.7 Å². The highest BCUT2D eigenvalue weighted by Gasteiger charge is 2.32. The van der Waals surface area contributed by atoms with Crippen LogP contribution in [0, 0.1) is 18.3 Å². The quantitative estimate of drug-likeness (QED) is 0.477. The van der Waals surface area contributed by atoms with Gasteiger partial charge in [0.05, 0.1) is 11.1 Å². The summed E-state index contributed by atoms with van der Waals surface area (Å²) in [6.45, 7) is 8.91. The zero-order chi connectivity index (χ0) is 19.6. The van der Waals surface area contributed by atoms with E-state index < -0.39 is 0 Å². The van der Waals surface area contributed by atoms with Crippen molar-refractivity contribution in [3.63, 3.8) is 0 Å². The fraction of sp³-hybridized carbons (Fsp3) is 0.409. The van der Waals surface area contributed by atoms with Crippen LogP contribution in [-0.2, 0) is 12.8 Å². The molecule has 0 radical (unpaired) electrons. The highest BCUT2D eigenvalue weighted by Crippen LogP contribution is 2.42. The summed E-state index contributed by atoms with van der Waals surface area (Å²) in [5.74, 6) is 2.05. The number of nitrogens with zero attached hydrogens (tertiary/aromatic N) is 4. The minimum absolute atomic E-state index is 0.0211. The van der Waals surface area contributed by atoms with E-state index in [9.17, 15) is 4.79 Å². The average Bonchev–Trinajstić information content (AvgIpc) is 3.22. The lowest BCUT2D eigenvalue weighted by Crippen LogP contribution is -2.27. The highest BCUT2D eigenvalue weighted by molar-refractivity contribution is 7.18. The Hall–Kier alpha value is -2.47. The summed E-state index contributed by atoms with van der Waals surface area (Å²) in [6, 6.07) is 9.75. The van der Waals surface area contributed by atoms with Crippen LogP contribution in [0.25, 0.3) is 21.7 Å². The molecule has 1 atom stereocenters. The molecule has 0 amide bonds. The van der Waals surface area contributed by atoms with Crippen LogP contribution in [0.15, 0.2) is 35.1 Å². The minimum Gasteiger partial charge on any atom is -0.268 e. The Kier molecular flexibility index (Phi) is 3.78. The van der Waals surface area contributed by atoms with Gasteiger partial charge >= 0.3 is 0 Å². The lowest BCUT2D eigenvalue weighted by Gasteiger charge is -2.33. The van der Waals surface area contributed by atoms with Crippen molar-refractivity contribution in [3.8, 4) is 5.69 Å². The molecule has 5 rings (SSSR count). The third kappa shape index (κ3) is 2.47. The molecule has 0 saturated heterocycles. The molecule has 144 valence electrons. The van der Waals surface area contributed by atoms with E-state index in [1.165, 1.54) is 10.4 Å². The molecule has 1 aliphatic carbocycles. The summed E-state index contributed by atoms with van der Waals surface area (Å²) in [4.78, 5) is 16.0. The van der Waals surface area contributed by atoms with Gasteiger partial charge < -0.3 is 0 Å². The van der Waals surface area contributed by atoms with E-state index in [4.69, 9.17) is 0 Å². The number of aromatic nitrogens is 4. The van der Waals surface area contributed by atoms with Crippen LogP contribution in [-0.4, -0.2) is 19.2 Å². The monoisotopic (exact) mass is 392 g/mol. The van der Waals surface area contributed by atoms with E-state index in [1.54, 1.807) is 15.9 Å². The minimum atomic E-state index is 0.0211. The van der Waals surface area contributed by atoms with Crippen molar-refractivity contribution in [3.05, 3.63) is 57.0 Å². The van der Waals surface area contributed by atoms with Crippen molar-refractivity contribution in [1.29, 1.82) is 0 Å². The maximum Gasteiger partial charge on any atom is 0.268 e. The molecule has 1 aromatic carbocycles. The van der Waals surface area contributed by atoms with Crippen LogP contribution in [0.2, 0.25) is 0 Å². The largest absolute Gasteiger partial charge is 0.268 e. The van der Waals surface area contributed by atoms with E-state index in [2.05, 4.69) is 35.4 Å². The first-order valence-corrected chi connectivity index (χ1v) is 10.6. The predicted molar refractivity (Wildman–Crippen MR) is 114 cm³/mol. The van der Waals surface area contributed by atoms with Gasteiger partial charge in [-0.3, -0.25) is 9.20 Å². The van der Waals surface area contributed by atoms with Crippen LogP contribution < -0.4 is 5.56 Å². The summed E-state index contributed by atoms with van der Waals surface area (Å²) in [5, 5.41) is 9.50. The summed E-state index contributed by atoms with van der Waals surface area (Å²) in [6.07, 6.45) is 3.14. The lowest BCUT2D eigenvalue weighted by atomic mass is 9.72. The van der Waals surface area contributed by atoms with Gasteiger partial charge in [0.15, 0.2) is 0 Å². The Balaban J connectivity index is 1.85. The molecule has 0 bridgehead atoms. The predicted octanol–water partition coefficient (Wildman–Crippen LogP) is 4.55. The zero-order valence-electron chi connectivity index (χ0n) is 16.7. The molecule has 0 aliphatic heterocycles. The Morgan fingerprint density at radius 1 is 1.14 bits per heavy atom. The first kappa shape index (κ1) is 17.6. The van der Waals surface area contributed by atoms with Gasteiger partial charge in [-0.2, -0.15) is 0 Å². The molecule has 3 heterocycles. The second-order valence-electron chi connectivity index (χ2n) is 8.85. The molecule has 5 nitrogen and oxygen atoms in total. The van der Waals surface area contributed by atoms with Gasteiger partial charge in [-0.15, -0.1) is 21.5 Å². The smallest absolute Gasteiger partial charge is 0.268 e. The molecule has 3 aromatic heterocycles. The highest BCUT2D eigenvalue weighted by atomic mass is 32.1. The van der Waals surface area contributed by atoms with Crippen molar-refractivity contribution < 1.29 is 0 Å². The summed E-state index contributed by atoms with van der Waals surface area (Å²) in [7, 11) is 0. The Morgan fingerprint density at radius 3 is 2.61 bits per heavy atom. The summed E-state index contributed by atoms with van der Waals surface area (Å²) >= 11 is 1.76. The number of hydrogen-bond acceptors (Lipinski definition) is 4. The SMILES string of the molecule is Cc1nnc2n(-c3ccccc3)c(=O)c3c4c(sc3n12)C[C@@H](C(C)(C)C)CC4. The summed E-state index contributed by atoms with van der Waals surface area (Å²) < 4.78 is 3.77. The molecular weight excluding hydrogens is 368 g/mol. The first-order chi connectivity index (χ1) is 13.4. The van der Waals surface area contributed by atoms with Gasteiger partial charge in [0, 0.05) is 4.88 Å². The normalized spacial score (nSPS) is 17.4. The van der Waals surface area contributed by atoms with Gasteiger partial charge in [0.2, 0.25) is 5.78 Å². The number of para-hydroxylation sites is 1. The molecule has 0 saturated carbocycles. The third-order valence-corrected chi connectivity index (χ3v) is 7.35. The van der Waals surface area contributed by atoms with Crippen molar-refractivity contribution in [1.82, 2.24) is 19.2 Å². The van der Waals surface area contributed by atoms with Crippen molar-refractivity contribution in [2.24, 2.45) is 11.3 Å². The van der Waals surface area contributed by atoms with Crippen molar-refractivity contribution in [2.45, 2.75) is 47.0 Å². The standard InChI is InChI=1S/C22H24N4OS/c1-13-23-24-21-25(13)20-18(19(27)26(21)15-8-6-5-7-9-15)16-11-10-14(22(2,3)4)12-17(16)28-20/h5-9,14H,10-12H2,1-4H3/t14-/m0/s1. The van der Waals surface area contributed by atoms with Gasteiger partial charge in [-0.05, 0) is 55.2 Å². The maximum absolute atomic E-state index is 13.7. The summed E-state index contributed by atoms with van der Waals surface area (Å²) in [5.41, 5.74) is 2.37. The molecule has 0 fully saturated rings. The maximum atomic E-state index is 13.7. The Bertz CT molecular complexity index is 1260. The number of benzene rings is 1. The number of thiophene rings is 1. The van der Waals surface area contributed by atoms with Gasteiger partial charge in [-0.1, -0.05) is 39.0 Å². The van der Waals surface area contributed by atoms with Gasteiger partial charge in [-0.25, -0.2) is 4.57 Å². The van der Waals surface area contributed by atoms with Crippen molar-refractivity contribution in [2.75, 3.05) is 0 Å². The van der Waals surface area contributed by atoms with E-state index in [-0.39, 0.29) is 11.0 Å². The topological polar surface area (TPSA) is 52.2 Å². The van der Waals surface area contributed by atoms with Crippen LogP contribution >= 0.6 is 11.3 Å². The third-order valence-electron chi connectivity index (χ3n) is 6.11. The second-order valence-corrected chi connectivity index (χ2v) is 9.93. The fourth-order valence-electron chi connectivity index (χ4n) is 4.43. The Labute approximate surface area is 167 Å². The van der Waals surface area contributed by atoms with Crippen LogP contribution in [0.4, 0.5) is 0 Å².